The van der Waals surface area contributed by atoms with Gasteiger partial charge in [0.25, 0.3) is 0 Å². The van der Waals surface area contributed by atoms with E-state index in [1.165, 1.54) is 19.3 Å². The Kier molecular flexibility index (Phi) is 7.15. The quantitative estimate of drug-likeness (QED) is 0.559. The van der Waals surface area contributed by atoms with Crippen LogP contribution in [0.25, 0.3) is 0 Å². The van der Waals surface area contributed by atoms with Gasteiger partial charge >= 0.3 is 0 Å². The number of allylic oxidation sites excluding steroid dienone is 1. The van der Waals surface area contributed by atoms with Crippen molar-refractivity contribution >= 4 is 0 Å². The molecule has 9 heavy (non-hydrogen) atoms. The molecular formula is C8H17N. The van der Waals surface area contributed by atoms with Gasteiger partial charge in [-0.25, -0.2) is 0 Å². The van der Waals surface area contributed by atoms with Gasteiger partial charge in [0, 0.05) is 6.54 Å². The van der Waals surface area contributed by atoms with Crippen molar-refractivity contribution < 1.29 is 0 Å². The van der Waals surface area contributed by atoms with Gasteiger partial charge < -0.3 is 5.32 Å². The lowest BCUT2D eigenvalue weighted by molar-refractivity contribution is 0.802. The Morgan fingerprint density at radius 3 is 2.56 bits per heavy atom. The minimum atomic E-state index is 1.10. The molecule has 0 fully saturated rings. The van der Waals surface area contributed by atoms with Crippen LogP contribution in [0.3, 0.4) is 0 Å². The molecule has 1 heteroatoms. The van der Waals surface area contributed by atoms with Crippen LogP contribution in [0, 0.1) is 0 Å². The summed E-state index contributed by atoms with van der Waals surface area (Å²) >= 11 is 0. The van der Waals surface area contributed by atoms with Crippen molar-refractivity contribution in [3.63, 3.8) is 0 Å². The molecule has 0 aliphatic heterocycles. The molecule has 0 unspecified atom stereocenters. The van der Waals surface area contributed by atoms with Crippen LogP contribution in [-0.4, -0.2) is 6.54 Å². The van der Waals surface area contributed by atoms with Gasteiger partial charge in [-0.05, 0) is 19.0 Å². The lowest BCUT2D eigenvalue weighted by Crippen LogP contribution is -2.04. The number of hydrogen-bond donors (Lipinski definition) is 1. The lowest BCUT2D eigenvalue weighted by atomic mass is 10.3. The molecule has 0 radical (unpaired) electrons. The fourth-order valence-electron chi connectivity index (χ4n) is 0.561. The maximum absolute atomic E-state index is 3.19. The normalized spacial score (nSPS) is 10.4. The Hall–Kier alpha value is -0.460. The third-order valence-corrected chi connectivity index (χ3v) is 1.09. The highest BCUT2D eigenvalue weighted by molar-refractivity contribution is 4.77. The molecule has 0 spiro atoms. The molecule has 1 nitrogen and oxygen atoms in total. The van der Waals surface area contributed by atoms with Crippen LogP contribution in [0.15, 0.2) is 12.3 Å². The van der Waals surface area contributed by atoms with E-state index in [0.717, 1.165) is 6.54 Å². The third kappa shape index (κ3) is 7.54. The summed E-state index contributed by atoms with van der Waals surface area (Å²) < 4.78 is 0. The first-order valence-corrected chi connectivity index (χ1v) is 3.80. The number of nitrogens with one attached hydrogen (secondary N) is 1. The molecule has 0 aliphatic carbocycles. The molecule has 0 aromatic rings. The zero-order valence-corrected chi connectivity index (χ0v) is 6.48. The molecule has 0 amide bonds. The topological polar surface area (TPSA) is 12.0 Å². The van der Waals surface area contributed by atoms with Gasteiger partial charge in [-0.2, -0.15) is 0 Å². The zero-order valence-electron chi connectivity index (χ0n) is 6.48. The summed E-state index contributed by atoms with van der Waals surface area (Å²) in [5, 5.41) is 3.19. The van der Waals surface area contributed by atoms with Crippen molar-refractivity contribution in [2.45, 2.75) is 33.1 Å². The number of hydrogen-bond acceptors (Lipinski definition) is 1. The molecule has 0 aromatic carbocycles. The van der Waals surface area contributed by atoms with Crippen molar-refractivity contribution in [1.29, 1.82) is 0 Å². The highest BCUT2D eigenvalue weighted by atomic mass is 14.8. The van der Waals surface area contributed by atoms with E-state index in [2.05, 4.69) is 25.2 Å². The minimum absolute atomic E-state index is 1.10. The van der Waals surface area contributed by atoms with Crippen LogP contribution in [-0.2, 0) is 0 Å². The molecule has 0 heterocycles. The van der Waals surface area contributed by atoms with Crippen LogP contribution in [0.5, 0.6) is 0 Å². The summed E-state index contributed by atoms with van der Waals surface area (Å²) in [7, 11) is 0. The Labute approximate surface area is 58.2 Å². The Bertz CT molecular complexity index is 67.0. The predicted molar refractivity (Wildman–Crippen MR) is 42.3 cm³/mol. The molecule has 54 valence electrons. The average molecular weight is 127 g/mol. The Balaban J connectivity index is 2.86. The molecule has 0 saturated heterocycles. The largest absolute Gasteiger partial charge is 0.391 e. The van der Waals surface area contributed by atoms with E-state index in [1.807, 2.05) is 6.20 Å². The zero-order chi connectivity index (χ0) is 6.95. The summed E-state index contributed by atoms with van der Waals surface area (Å²) in [6.07, 6.45) is 7.86. The van der Waals surface area contributed by atoms with Crippen molar-refractivity contribution in [2.24, 2.45) is 0 Å². The summed E-state index contributed by atoms with van der Waals surface area (Å²) in [5.74, 6) is 0. The maximum Gasteiger partial charge on any atom is 0.0138 e. The van der Waals surface area contributed by atoms with Crippen molar-refractivity contribution in [3.05, 3.63) is 12.3 Å². The first kappa shape index (κ1) is 8.54. The SMILES string of the molecule is CCC/C=C/NCCC. The second-order valence-electron chi connectivity index (χ2n) is 2.15. The van der Waals surface area contributed by atoms with Gasteiger partial charge in [-0.1, -0.05) is 26.3 Å². The predicted octanol–water partition coefficient (Wildman–Crippen LogP) is 2.30. The van der Waals surface area contributed by atoms with Gasteiger partial charge in [0.05, 0.1) is 0 Å². The fraction of sp³-hybridized carbons (Fsp3) is 0.750. The lowest BCUT2D eigenvalue weighted by Gasteiger charge is -1.93. The van der Waals surface area contributed by atoms with Crippen LogP contribution in [0.1, 0.15) is 33.1 Å². The Morgan fingerprint density at radius 1 is 1.22 bits per heavy atom. The fourth-order valence-corrected chi connectivity index (χ4v) is 0.561. The van der Waals surface area contributed by atoms with E-state index in [0.29, 0.717) is 0 Å². The average Bonchev–Trinajstić information content (AvgIpc) is 1.89. The molecule has 0 aromatic heterocycles. The third-order valence-electron chi connectivity index (χ3n) is 1.09. The number of unbranched alkanes of at least 4 members (excludes halogenated alkanes) is 1. The maximum atomic E-state index is 3.19. The van der Waals surface area contributed by atoms with Gasteiger partial charge in [0.15, 0.2) is 0 Å². The van der Waals surface area contributed by atoms with Crippen LogP contribution >= 0.6 is 0 Å². The summed E-state index contributed by atoms with van der Waals surface area (Å²) in [6, 6.07) is 0. The van der Waals surface area contributed by atoms with Crippen LogP contribution < -0.4 is 5.32 Å². The molecule has 0 atom stereocenters. The first-order valence-electron chi connectivity index (χ1n) is 3.80. The van der Waals surface area contributed by atoms with E-state index < -0.39 is 0 Å². The molecule has 0 aliphatic rings. The van der Waals surface area contributed by atoms with E-state index in [1.54, 1.807) is 0 Å². The molecular weight excluding hydrogens is 110 g/mol. The van der Waals surface area contributed by atoms with E-state index in [9.17, 15) is 0 Å². The van der Waals surface area contributed by atoms with E-state index >= 15 is 0 Å². The van der Waals surface area contributed by atoms with Crippen LogP contribution in [0.4, 0.5) is 0 Å². The second kappa shape index (κ2) is 7.54. The summed E-state index contributed by atoms with van der Waals surface area (Å²) in [4.78, 5) is 0. The van der Waals surface area contributed by atoms with Crippen molar-refractivity contribution in [2.75, 3.05) is 6.54 Å². The summed E-state index contributed by atoms with van der Waals surface area (Å²) in [5.41, 5.74) is 0. The smallest absolute Gasteiger partial charge is 0.0138 e. The monoisotopic (exact) mass is 127 g/mol. The van der Waals surface area contributed by atoms with Gasteiger partial charge in [0.1, 0.15) is 0 Å². The highest BCUT2D eigenvalue weighted by Crippen LogP contribution is 1.85. The molecule has 1 N–H and O–H groups in total. The van der Waals surface area contributed by atoms with Crippen LogP contribution in [0.2, 0.25) is 0 Å². The van der Waals surface area contributed by atoms with Gasteiger partial charge in [-0.3, -0.25) is 0 Å². The van der Waals surface area contributed by atoms with Gasteiger partial charge in [0.2, 0.25) is 0 Å². The standard InChI is InChI=1S/C8H17N/c1-3-5-6-8-9-7-4-2/h6,8-9H,3-5,7H2,1-2H3/b8-6+. The molecule has 0 saturated carbocycles. The Morgan fingerprint density at radius 2 is 2.00 bits per heavy atom. The highest BCUT2D eigenvalue weighted by Gasteiger charge is 1.73. The van der Waals surface area contributed by atoms with E-state index in [4.69, 9.17) is 0 Å². The minimum Gasteiger partial charge on any atom is -0.391 e. The van der Waals surface area contributed by atoms with Crippen molar-refractivity contribution in [1.82, 2.24) is 5.32 Å². The first-order chi connectivity index (χ1) is 4.41. The van der Waals surface area contributed by atoms with E-state index in [-0.39, 0.29) is 0 Å². The molecule has 0 rings (SSSR count). The van der Waals surface area contributed by atoms with Crippen molar-refractivity contribution in [3.8, 4) is 0 Å². The second-order valence-corrected chi connectivity index (χ2v) is 2.15. The van der Waals surface area contributed by atoms with Gasteiger partial charge in [-0.15, -0.1) is 0 Å². The number of rotatable bonds is 5. The summed E-state index contributed by atoms with van der Waals surface area (Å²) in [6.45, 7) is 5.45. The molecule has 0 bridgehead atoms.